The zero-order valence-corrected chi connectivity index (χ0v) is 15.4. The highest BCUT2D eigenvalue weighted by Gasteiger charge is 2.35. The summed E-state index contributed by atoms with van der Waals surface area (Å²) in [7, 11) is 1.29. The Kier molecular flexibility index (Phi) is 5.54. The highest BCUT2D eigenvalue weighted by atomic mass is 16.5. The quantitative estimate of drug-likeness (QED) is 0.826. The number of benzene rings is 2. The van der Waals surface area contributed by atoms with E-state index >= 15 is 0 Å². The molecule has 2 aromatic rings. The third-order valence-corrected chi connectivity index (χ3v) is 4.74. The minimum atomic E-state index is -0.522. The van der Waals surface area contributed by atoms with Gasteiger partial charge >= 0.3 is 5.97 Å². The SMILES string of the molecule is CCc1ccc(N2CC(C(=O)Nc3ccccc3C(=O)OC)CC2=O)cc1. The molecule has 6 nitrogen and oxygen atoms in total. The summed E-state index contributed by atoms with van der Waals surface area (Å²) < 4.78 is 4.74. The number of hydrogen-bond acceptors (Lipinski definition) is 4. The Hall–Kier alpha value is -3.15. The second-order valence-corrected chi connectivity index (χ2v) is 6.45. The predicted octanol–water partition coefficient (Wildman–Crippen LogP) is 3.03. The molecule has 140 valence electrons. The molecule has 1 heterocycles. The molecule has 1 unspecified atom stereocenters. The fourth-order valence-corrected chi connectivity index (χ4v) is 3.16. The third kappa shape index (κ3) is 4.00. The number of carbonyl (C=O) groups is 3. The van der Waals surface area contributed by atoms with Crippen molar-refractivity contribution in [3.63, 3.8) is 0 Å². The van der Waals surface area contributed by atoms with Crippen molar-refractivity contribution in [3.05, 3.63) is 59.7 Å². The molecule has 6 heteroatoms. The van der Waals surface area contributed by atoms with Crippen molar-refractivity contribution in [2.45, 2.75) is 19.8 Å². The monoisotopic (exact) mass is 366 g/mol. The topological polar surface area (TPSA) is 75.7 Å². The van der Waals surface area contributed by atoms with Crippen molar-refractivity contribution in [2.24, 2.45) is 5.92 Å². The molecule has 1 aliphatic rings. The van der Waals surface area contributed by atoms with Crippen LogP contribution in [0.3, 0.4) is 0 Å². The summed E-state index contributed by atoms with van der Waals surface area (Å²) in [6.07, 6.45) is 1.07. The molecule has 1 atom stereocenters. The molecule has 0 bridgehead atoms. The van der Waals surface area contributed by atoms with E-state index in [9.17, 15) is 14.4 Å². The Balaban J connectivity index is 1.72. The number of anilines is 2. The first-order valence-corrected chi connectivity index (χ1v) is 8.91. The maximum atomic E-state index is 12.7. The number of hydrogen-bond donors (Lipinski definition) is 1. The predicted molar refractivity (Wildman–Crippen MR) is 103 cm³/mol. The Labute approximate surface area is 158 Å². The summed E-state index contributed by atoms with van der Waals surface area (Å²) in [5.74, 6) is -1.37. The number of methoxy groups -OCH3 is 1. The van der Waals surface area contributed by atoms with Gasteiger partial charge in [0.1, 0.15) is 0 Å². The molecular formula is C21H22N2O4. The summed E-state index contributed by atoms with van der Waals surface area (Å²) in [4.78, 5) is 38.5. The van der Waals surface area contributed by atoms with Crippen LogP contribution in [0.25, 0.3) is 0 Å². The molecule has 2 aromatic carbocycles. The largest absolute Gasteiger partial charge is 0.465 e. The molecule has 1 N–H and O–H groups in total. The molecular weight excluding hydrogens is 344 g/mol. The number of esters is 1. The molecule has 27 heavy (non-hydrogen) atoms. The second kappa shape index (κ2) is 8.03. The lowest BCUT2D eigenvalue weighted by Gasteiger charge is -2.17. The number of para-hydroxylation sites is 1. The third-order valence-electron chi connectivity index (χ3n) is 4.74. The van der Waals surface area contributed by atoms with Crippen molar-refractivity contribution in [2.75, 3.05) is 23.9 Å². The smallest absolute Gasteiger partial charge is 0.339 e. The maximum absolute atomic E-state index is 12.7. The Morgan fingerprint density at radius 2 is 1.85 bits per heavy atom. The fraction of sp³-hybridized carbons (Fsp3) is 0.286. The molecule has 0 spiro atoms. The van der Waals surface area contributed by atoms with E-state index in [1.54, 1.807) is 29.2 Å². The minimum absolute atomic E-state index is 0.0827. The van der Waals surface area contributed by atoms with Gasteiger partial charge in [0.15, 0.2) is 0 Å². The molecule has 0 aromatic heterocycles. The van der Waals surface area contributed by atoms with Crippen LogP contribution in [0.2, 0.25) is 0 Å². The number of nitrogens with one attached hydrogen (secondary N) is 1. The summed E-state index contributed by atoms with van der Waals surface area (Å²) in [5.41, 5.74) is 2.65. The molecule has 3 rings (SSSR count). The van der Waals surface area contributed by atoms with Crippen molar-refractivity contribution in [3.8, 4) is 0 Å². The molecule has 1 fully saturated rings. The number of carbonyl (C=O) groups excluding carboxylic acids is 3. The van der Waals surface area contributed by atoms with Crippen LogP contribution < -0.4 is 10.2 Å². The lowest BCUT2D eigenvalue weighted by molar-refractivity contribution is -0.122. The van der Waals surface area contributed by atoms with Crippen LogP contribution >= 0.6 is 0 Å². The zero-order valence-electron chi connectivity index (χ0n) is 15.4. The van der Waals surface area contributed by atoms with Crippen molar-refractivity contribution < 1.29 is 19.1 Å². The average Bonchev–Trinajstić information content (AvgIpc) is 3.09. The molecule has 0 radical (unpaired) electrons. The second-order valence-electron chi connectivity index (χ2n) is 6.45. The molecule has 2 amide bonds. The molecule has 0 saturated carbocycles. The number of ether oxygens (including phenoxy) is 1. The van der Waals surface area contributed by atoms with Gasteiger partial charge in [0.05, 0.1) is 24.3 Å². The number of nitrogens with zero attached hydrogens (tertiary/aromatic N) is 1. The summed E-state index contributed by atoms with van der Waals surface area (Å²) in [5, 5.41) is 2.76. The summed E-state index contributed by atoms with van der Waals surface area (Å²) in [6, 6.07) is 14.4. The standard InChI is InChI=1S/C21H22N2O4/c1-3-14-8-10-16(11-9-14)23-13-15(12-19(23)24)20(25)22-18-7-5-4-6-17(18)21(26)27-2/h4-11,15H,3,12-13H2,1-2H3,(H,22,25). The lowest BCUT2D eigenvalue weighted by atomic mass is 10.1. The van der Waals surface area contributed by atoms with Crippen molar-refractivity contribution in [1.29, 1.82) is 0 Å². The van der Waals surface area contributed by atoms with E-state index in [1.165, 1.54) is 12.7 Å². The van der Waals surface area contributed by atoms with Gasteiger partial charge in [-0.3, -0.25) is 9.59 Å². The van der Waals surface area contributed by atoms with E-state index in [-0.39, 0.29) is 23.8 Å². The number of amides is 2. The summed E-state index contributed by atoms with van der Waals surface area (Å²) in [6.45, 7) is 2.39. The Bertz CT molecular complexity index is 861. The zero-order chi connectivity index (χ0) is 19.4. The van der Waals surface area contributed by atoms with Crippen LogP contribution in [0.1, 0.15) is 29.3 Å². The van der Waals surface area contributed by atoms with Gasteiger partial charge in [-0.05, 0) is 36.2 Å². The van der Waals surface area contributed by atoms with Crippen LogP contribution in [0.4, 0.5) is 11.4 Å². The van der Waals surface area contributed by atoms with E-state index in [4.69, 9.17) is 4.74 Å². The van der Waals surface area contributed by atoms with Crippen molar-refractivity contribution in [1.82, 2.24) is 0 Å². The van der Waals surface area contributed by atoms with Crippen LogP contribution in [-0.4, -0.2) is 31.4 Å². The van der Waals surface area contributed by atoms with Gasteiger partial charge in [0, 0.05) is 18.7 Å². The van der Waals surface area contributed by atoms with Gasteiger partial charge in [-0.15, -0.1) is 0 Å². The van der Waals surface area contributed by atoms with E-state index < -0.39 is 11.9 Å². The van der Waals surface area contributed by atoms with E-state index in [0.29, 0.717) is 12.2 Å². The Morgan fingerprint density at radius 3 is 2.52 bits per heavy atom. The first kappa shape index (κ1) is 18.6. The van der Waals surface area contributed by atoms with E-state index in [0.717, 1.165) is 12.1 Å². The minimum Gasteiger partial charge on any atom is -0.465 e. The van der Waals surface area contributed by atoms with E-state index in [2.05, 4.69) is 12.2 Å². The average molecular weight is 366 g/mol. The number of aryl methyl sites for hydroxylation is 1. The molecule has 0 aliphatic carbocycles. The van der Waals surface area contributed by atoms with Gasteiger partial charge in [-0.2, -0.15) is 0 Å². The number of rotatable bonds is 5. The molecule has 1 aliphatic heterocycles. The summed E-state index contributed by atoms with van der Waals surface area (Å²) >= 11 is 0. The fourth-order valence-electron chi connectivity index (χ4n) is 3.16. The first-order chi connectivity index (χ1) is 13.0. The maximum Gasteiger partial charge on any atom is 0.339 e. The van der Waals surface area contributed by atoms with Crippen LogP contribution in [0.5, 0.6) is 0 Å². The van der Waals surface area contributed by atoms with Crippen molar-refractivity contribution >= 4 is 29.2 Å². The Morgan fingerprint density at radius 1 is 1.15 bits per heavy atom. The normalized spacial score (nSPS) is 16.3. The first-order valence-electron chi connectivity index (χ1n) is 8.91. The van der Waals surface area contributed by atoms with E-state index in [1.807, 2.05) is 24.3 Å². The highest BCUT2D eigenvalue weighted by molar-refractivity contribution is 6.06. The van der Waals surface area contributed by atoms with Crippen LogP contribution in [0.15, 0.2) is 48.5 Å². The van der Waals surface area contributed by atoms with Gasteiger partial charge < -0.3 is 15.0 Å². The van der Waals surface area contributed by atoms with Gasteiger partial charge in [0.25, 0.3) is 0 Å². The van der Waals surface area contributed by atoms with Gasteiger partial charge in [0.2, 0.25) is 11.8 Å². The van der Waals surface area contributed by atoms with Crippen LogP contribution in [-0.2, 0) is 20.7 Å². The lowest BCUT2D eigenvalue weighted by Crippen LogP contribution is -2.28. The highest BCUT2D eigenvalue weighted by Crippen LogP contribution is 2.27. The van der Waals surface area contributed by atoms with Gasteiger partial charge in [-0.1, -0.05) is 31.2 Å². The van der Waals surface area contributed by atoms with Gasteiger partial charge in [-0.25, -0.2) is 4.79 Å². The molecule has 1 saturated heterocycles. The van der Waals surface area contributed by atoms with Crippen LogP contribution in [0, 0.1) is 5.92 Å².